The molecule has 226 valence electrons. The van der Waals surface area contributed by atoms with Gasteiger partial charge in [0.25, 0.3) is 5.91 Å². The molecule has 0 aromatic heterocycles. The Morgan fingerprint density at radius 1 is 1.00 bits per heavy atom. The van der Waals surface area contributed by atoms with E-state index in [1.807, 2.05) is 38.8 Å². The Morgan fingerprint density at radius 2 is 1.62 bits per heavy atom. The summed E-state index contributed by atoms with van der Waals surface area (Å²) < 4.78 is 10.9. The SMILES string of the molecule is C=C(C)C(=O)N/C(=C/C(C)=C(\C)C(=O)NCCCCN1CCOCC1)C(=C)CN(/N=C\C)C1CCOCC1.CC. The first-order valence-corrected chi connectivity index (χ1v) is 14.7. The second-order valence-corrected chi connectivity index (χ2v) is 9.94. The number of ether oxygens (including phenoxy) is 2. The number of carbonyl (C=O) groups excluding carboxylic acids is 2. The second-order valence-electron chi connectivity index (χ2n) is 9.94. The zero-order valence-corrected chi connectivity index (χ0v) is 25.8. The topological polar surface area (TPSA) is 95.5 Å². The Balaban J connectivity index is 0.00000391. The molecule has 2 heterocycles. The molecule has 2 aliphatic heterocycles. The van der Waals surface area contributed by atoms with E-state index in [-0.39, 0.29) is 17.9 Å². The maximum absolute atomic E-state index is 12.8. The van der Waals surface area contributed by atoms with Gasteiger partial charge in [-0.05, 0) is 77.1 Å². The monoisotopic (exact) mass is 559 g/mol. The van der Waals surface area contributed by atoms with Crippen molar-refractivity contribution in [1.29, 1.82) is 0 Å². The van der Waals surface area contributed by atoms with E-state index < -0.39 is 0 Å². The van der Waals surface area contributed by atoms with Crippen LogP contribution in [0.2, 0.25) is 0 Å². The van der Waals surface area contributed by atoms with Crippen LogP contribution in [0.1, 0.15) is 67.2 Å². The maximum atomic E-state index is 12.8. The number of nitrogens with one attached hydrogen (secondary N) is 2. The minimum Gasteiger partial charge on any atom is -0.381 e. The van der Waals surface area contributed by atoms with Crippen LogP contribution in [0.15, 0.2) is 52.3 Å². The lowest BCUT2D eigenvalue weighted by molar-refractivity contribution is -0.117. The fraction of sp³-hybridized carbons (Fsp3) is 0.645. The Hall–Kier alpha value is -2.75. The van der Waals surface area contributed by atoms with Crippen LogP contribution in [-0.4, -0.2) is 93.1 Å². The van der Waals surface area contributed by atoms with E-state index in [9.17, 15) is 9.59 Å². The smallest absolute Gasteiger partial charge is 0.250 e. The van der Waals surface area contributed by atoms with Crippen molar-refractivity contribution >= 4 is 18.0 Å². The van der Waals surface area contributed by atoms with E-state index in [1.54, 1.807) is 20.1 Å². The average Bonchev–Trinajstić information content (AvgIpc) is 2.97. The van der Waals surface area contributed by atoms with Gasteiger partial charge in [-0.3, -0.25) is 19.5 Å². The molecule has 0 unspecified atom stereocenters. The van der Waals surface area contributed by atoms with Crippen LogP contribution in [0.4, 0.5) is 0 Å². The lowest BCUT2D eigenvalue weighted by Gasteiger charge is -2.33. The molecule has 2 fully saturated rings. The quantitative estimate of drug-likeness (QED) is 0.109. The lowest BCUT2D eigenvalue weighted by atomic mass is 10.0. The number of rotatable bonds is 14. The zero-order chi connectivity index (χ0) is 29.9. The van der Waals surface area contributed by atoms with E-state index in [1.165, 1.54) is 0 Å². The first-order chi connectivity index (χ1) is 19.2. The highest BCUT2D eigenvalue weighted by Crippen LogP contribution is 2.20. The third-order valence-electron chi connectivity index (χ3n) is 6.83. The number of carbonyl (C=O) groups is 2. The van der Waals surface area contributed by atoms with Gasteiger partial charge in [-0.15, -0.1) is 0 Å². The number of morpholine rings is 1. The molecule has 2 aliphatic rings. The first-order valence-electron chi connectivity index (χ1n) is 14.7. The lowest BCUT2D eigenvalue weighted by Crippen LogP contribution is -2.38. The molecule has 0 spiro atoms. The summed E-state index contributed by atoms with van der Waals surface area (Å²) >= 11 is 0. The van der Waals surface area contributed by atoms with Crippen LogP contribution in [0, 0.1) is 0 Å². The standard InChI is InChI=1S/C29H47N5O4.C2H6/c1-7-31-34(26-10-16-37-17-11-26)21-24(5)27(32-28(35)22(2)3)20-23(4)25(6)29(36)30-12-8-9-13-33-14-18-38-19-15-33;1-2/h7,20,26H,2,5,8-19,21H2,1,3-4,6H3,(H,30,36)(H,32,35);1-2H3/b25-23+,27-20+,31-7-;. The van der Waals surface area contributed by atoms with Gasteiger partial charge in [-0.1, -0.05) is 27.0 Å². The molecule has 2 rings (SSSR count). The highest BCUT2D eigenvalue weighted by Gasteiger charge is 2.22. The van der Waals surface area contributed by atoms with Gasteiger partial charge in [-0.25, -0.2) is 0 Å². The van der Waals surface area contributed by atoms with Crippen molar-refractivity contribution < 1.29 is 19.1 Å². The summed E-state index contributed by atoms with van der Waals surface area (Å²) in [4.78, 5) is 27.7. The molecule has 0 saturated carbocycles. The maximum Gasteiger partial charge on any atom is 0.250 e. The van der Waals surface area contributed by atoms with Crippen molar-refractivity contribution in [3.8, 4) is 0 Å². The molecule has 9 heteroatoms. The van der Waals surface area contributed by atoms with Gasteiger partial charge in [0.2, 0.25) is 5.91 Å². The molecular weight excluding hydrogens is 506 g/mol. The number of hydrazone groups is 1. The van der Waals surface area contributed by atoms with Gasteiger partial charge in [0.15, 0.2) is 0 Å². The van der Waals surface area contributed by atoms with Gasteiger partial charge in [-0.2, -0.15) is 5.10 Å². The highest BCUT2D eigenvalue weighted by atomic mass is 16.5. The molecule has 0 aromatic carbocycles. The number of unbranched alkanes of at least 4 members (excludes halogenated alkanes) is 1. The molecule has 40 heavy (non-hydrogen) atoms. The second kappa shape index (κ2) is 20.2. The van der Waals surface area contributed by atoms with E-state index >= 15 is 0 Å². The zero-order valence-electron chi connectivity index (χ0n) is 25.8. The number of allylic oxidation sites excluding steroid dienone is 2. The number of nitrogens with zero attached hydrogens (tertiary/aromatic N) is 3. The van der Waals surface area contributed by atoms with Crippen LogP contribution >= 0.6 is 0 Å². The Kier molecular flexibility index (Phi) is 17.8. The van der Waals surface area contributed by atoms with Gasteiger partial charge in [0.1, 0.15) is 0 Å². The summed E-state index contributed by atoms with van der Waals surface area (Å²) in [5.74, 6) is -0.398. The Bertz CT molecular complexity index is 913. The van der Waals surface area contributed by atoms with Crippen LogP contribution in [0.3, 0.4) is 0 Å². The molecule has 2 amide bonds. The van der Waals surface area contributed by atoms with Crippen molar-refractivity contribution in [1.82, 2.24) is 20.5 Å². The van der Waals surface area contributed by atoms with E-state index in [0.717, 1.165) is 64.1 Å². The van der Waals surface area contributed by atoms with E-state index in [2.05, 4.69) is 33.8 Å². The molecule has 9 nitrogen and oxygen atoms in total. The molecule has 0 atom stereocenters. The summed E-state index contributed by atoms with van der Waals surface area (Å²) in [5, 5.41) is 12.5. The molecular formula is C31H53N5O4. The van der Waals surface area contributed by atoms with Gasteiger partial charge in [0, 0.05) is 55.9 Å². The summed E-state index contributed by atoms with van der Waals surface area (Å²) in [6.45, 7) is 26.3. The summed E-state index contributed by atoms with van der Waals surface area (Å²) in [5.41, 5.74) is 3.00. The van der Waals surface area contributed by atoms with Crippen LogP contribution in [-0.2, 0) is 19.1 Å². The Morgan fingerprint density at radius 3 is 2.23 bits per heavy atom. The molecule has 2 saturated heterocycles. The van der Waals surface area contributed by atoms with Crippen molar-refractivity contribution in [2.45, 2.75) is 73.3 Å². The predicted molar refractivity (Wildman–Crippen MR) is 164 cm³/mol. The molecule has 0 aromatic rings. The molecule has 2 N–H and O–H groups in total. The van der Waals surface area contributed by atoms with Crippen LogP contribution in [0.5, 0.6) is 0 Å². The highest BCUT2D eigenvalue weighted by molar-refractivity contribution is 5.95. The van der Waals surface area contributed by atoms with Gasteiger partial charge < -0.3 is 20.1 Å². The van der Waals surface area contributed by atoms with Gasteiger partial charge >= 0.3 is 0 Å². The van der Waals surface area contributed by atoms with Crippen LogP contribution in [0.25, 0.3) is 0 Å². The fourth-order valence-electron chi connectivity index (χ4n) is 4.26. The number of hydrogen-bond acceptors (Lipinski definition) is 7. The summed E-state index contributed by atoms with van der Waals surface area (Å²) in [6.07, 6.45) is 7.29. The molecule has 0 bridgehead atoms. The molecule has 0 radical (unpaired) electrons. The van der Waals surface area contributed by atoms with Crippen molar-refractivity contribution in [2.75, 3.05) is 59.2 Å². The normalized spacial score (nSPS) is 17.4. The molecule has 0 aliphatic carbocycles. The van der Waals surface area contributed by atoms with E-state index in [0.29, 0.717) is 48.7 Å². The van der Waals surface area contributed by atoms with Crippen molar-refractivity contribution in [3.05, 3.63) is 47.2 Å². The Labute approximate surface area is 242 Å². The minimum atomic E-state index is -0.288. The fourth-order valence-corrected chi connectivity index (χ4v) is 4.26. The summed E-state index contributed by atoms with van der Waals surface area (Å²) in [7, 11) is 0. The third kappa shape index (κ3) is 13.1. The van der Waals surface area contributed by atoms with Crippen LogP contribution < -0.4 is 10.6 Å². The summed E-state index contributed by atoms with van der Waals surface area (Å²) in [6, 6.07) is 0.238. The minimum absolute atomic E-state index is 0.110. The third-order valence-corrected chi connectivity index (χ3v) is 6.83. The van der Waals surface area contributed by atoms with Crippen molar-refractivity contribution in [2.24, 2.45) is 5.10 Å². The predicted octanol–water partition coefficient (Wildman–Crippen LogP) is 4.20. The average molecular weight is 560 g/mol. The number of amides is 2. The van der Waals surface area contributed by atoms with E-state index in [4.69, 9.17) is 9.47 Å². The number of hydrogen-bond donors (Lipinski definition) is 2. The van der Waals surface area contributed by atoms with Crippen molar-refractivity contribution in [3.63, 3.8) is 0 Å². The largest absolute Gasteiger partial charge is 0.381 e. The van der Waals surface area contributed by atoms with Gasteiger partial charge in [0.05, 0.1) is 25.8 Å². The first kappa shape index (κ1) is 35.3.